The molecule has 4 rings (SSSR count). The number of piperidine rings is 1. The number of hydrogen-bond donors (Lipinski definition) is 1. The van der Waals surface area contributed by atoms with Crippen LogP contribution in [-0.4, -0.2) is 30.2 Å². The molecule has 0 aliphatic carbocycles. The fraction of sp³-hybridized carbons (Fsp3) is 0.407. The molecule has 0 spiro atoms. The molecule has 0 radical (unpaired) electrons. The summed E-state index contributed by atoms with van der Waals surface area (Å²) < 4.78 is 5.74. The molecular formula is C27H30N6O. The summed E-state index contributed by atoms with van der Waals surface area (Å²) in [7, 11) is 1.67. The molecule has 3 aromatic rings. The molecule has 7 nitrogen and oxygen atoms in total. The number of nitriles is 2. The number of anilines is 2. The van der Waals surface area contributed by atoms with Gasteiger partial charge in [0.15, 0.2) is 0 Å². The average Bonchev–Trinajstić information content (AvgIpc) is 2.83. The number of aromatic nitrogens is 2. The van der Waals surface area contributed by atoms with E-state index in [2.05, 4.69) is 40.3 Å². The van der Waals surface area contributed by atoms with Gasteiger partial charge in [0.1, 0.15) is 17.4 Å². The van der Waals surface area contributed by atoms with E-state index in [0.29, 0.717) is 11.4 Å². The zero-order valence-electron chi connectivity index (χ0n) is 20.4. The van der Waals surface area contributed by atoms with Gasteiger partial charge in [-0.15, -0.1) is 0 Å². The molecule has 174 valence electrons. The van der Waals surface area contributed by atoms with Gasteiger partial charge in [-0.2, -0.15) is 10.5 Å². The first-order valence-electron chi connectivity index (χ1n) is 11.6. The van der Waals surface area contributed by atoms with E-state index in [1.165, 1.54) is 0 Å². The Labute approximate surface area is 201 Å². The minimum atomic E-state index is -0.279. The van der Waals surface area contributed by atoms with Gasteiger partial charge in [0.25, 0.3) is 0 Å². The molecule has 1 aliphatic heterocycles. The second-order valence-corrected chi connectivity index (χ2v) is 9.32. The Kier molecular flexibility index (Phi) is 6.30. The normalized spacial score (nSPS) is 15.9. The SMILES string of the molecule is COc1cc2nc(C)nc(N[C@H](C)c3cccc(C#N)c3C)c2cc1N1CCC(C)(C#N)CC1. The Hall–Kier alpha value is -3.84. The van der Waals surface area contributed by atoms with Crippen LogP contribution in [0.25, 0.3) is 10.9 Å². The number of aryl methyl sites for hydroxylation is 1. The van der Waals surface area contributed by atoms with E-state index < -0.39 is 0 Å². The van der Waals surface area contributed by atoms with Crippen molar-refractivity contribution in [2.24, 2.45) is 5.41 Å². The Morgan fingerprint density at radius 2 is 1.88 bits per heavy atom. The Morgan fingerprint density at radius 3 is 2.53 bits per heavy atom. The highest BCUT2D eigenvalue weighted by Crippen LogP contribution is 2.39. The van der Waals surface area contributed by atoms with Crippen LogP contribution in [0.15, 0.2) is 30.3 Å². The van der Waals surface area contributed by atoms with Gasteiger partial charge in [0.05, 0.1) is 47.5 Å². The third-order valence-electron chi connectivity index (χ3n) is 6.90. The van der Waals surface area contributed by atoms with Crippen molar-refractivity contribution in [2.45, 2.75) is 46.6 Å². The monoisotopic (exact) mass is 454 g/mol. The number of hydrogen-bond acceptors (Lipinski definition) is 7. The van der Waals surface area contributed by atoms with Gasteiger partial charge in [-0.05, 0) is 63.8 Å². The lowest BCUT2D eigenvalue weighted by Gasteiger charge is -2.37. The van der Waals surface area contributed by atoms with Crippen LogP contribution < -0.4 is 15.0 Å². The molecule has 1 saturated heterocycles. The lowest BCUT2D eigenvalue weighted by atomic mass is 9.82. The molecule has 1 atom stereocenters. The lowest BCUT2D eigenvalue weighted by Crippen LogP contribution is -2.38. The highest BCUT2D eigenvalue weighted by Gasteiger charge is 2.31. The molecule has 34 heavy (non-hydrogen) atoms. The summed E-state index contributed by atoms with van der Waals surface area (Å²) in [6.45, 7) is 9.54. The summed E-state index contributed by atoms with van der Waals surface area (Å²) >= 11 is 0. The summed E-state index contributed by atoms with van der Waals surface area (Å²) in [6, 6.07) is 14.5. The molecular weight excluding hydrogens is 424 g/mol. The van der Waals surface area contributed by atoms with Crippen LogP contribution in [0, 0.1) is 41.9 Å². The van der Waals surface area contributed by atoms with Crippen molar-refractivity contribution in [1.29, 1.82) is 10.5 Å². The van der Waals surface area contributed by atoms with E-state index in [9.17, 15) is 10.5 Å². The molecule has 0 amide bonds. The highest BCUT2D eigenvalue weighted by atomic mass is 16.5. The van der Waals surface area contributed by atoms with E-state index >= 15 is 0 Å². The molecule has 7 heteroatoms. The molecule has 0 bridgehead atoms. The maximum Gasteiger partial charge on any atom is 0.144 e. The smallest absolute Gasteiger partial charge is 0.144 e. The van der Waals surface area contributed by atoms with E-state index in [-0.39, 0.29) is 11.5 Å². The molecule has 1 aromatic heterocycles. The number of nitrogens with one attached hydrogen (secondary N) is 1. The van der Waals surface area contributed by atoms with Gasteiger partial charge in [0.2, 0.25) is 0 Å². The van der Waals surface area contributed by atoms with Crippen molar-refractivity contribution in [3.63, 3.8) is 0 Å². The zero-order chi connectivity index (χ0) is 24.5. The minimum absolute atomic E-state index is 0.0531. The first-order valence-corrected chi connectivity index (χ1v) is 11.6. The fourth-order valence-corrected chi connectivity index (χ4v) is 4.66. The molecule has 1 fully saturated rings. The maximum absolute atomic E-state index is 9.51. The van der Waals surface area contributed by atoms with Gasteiger partial charge < -0.3 is 15.0 Å². The molecule has 0 saturated carbocycles. The number of fused-ring (bicyclic) bond motifs is 1. The predicted octanol–water partition coefficient (Wildman–Crippen LogP) is 5.43. The summed E-state index contributed by atoms with van der Waals surface area (Å²) in [6.07, 6.45) is 1.62. The minimum Gasteiger partial charge on any atom is -0.495 e. The first kappa shape index (κ1) is 23.3. The summed E-state index contributed by atoms with van der Waals surface area (Å²) in [5.41, 5.74) is 4.22. The van der Waals surface area contributed by atoms with Crippen LogP contribution in [0.1, 0.15) is 55.2 Å². The van der Waals surface area contributed by atoms with Crippen LogP contribution in [0.5, 0.6) is 5.75 Å². The summed E-state index contributed by atoms with van der Waals surface area (Å²) in [5.74, 6) is 2.18. The number of methoxy groups -OCH3 is 1. The van der Waals surface area contributed by atoms with Gasteiger partial charge in [-0.3, -0.25) is 0 Å². The average molecular weight is 455 g/mol. The number of nitrogens with zero attached hydrogens (tertiary/aromatic N) is 5. The lowest BCUT2D eigenvalue weighted by molar-refractivity contribution is 0.334. The van der Waals surface area contributed by atoms with Gasteiger partial charge >= 0.3 is 0 Å². The molecule has 1 aliphatic rings. The largest absolute Gasteiger partial charge is 0.495 e. The van der Waals surface area contributed by atoms with Crippen molar-refractivity contribution in [2.75, 3.05) is 30.4 Å². The summed E-state index contributed by atoms with van der Waals surface area (Å²) in [4.78, 5) is 11.7. The fourth-order valence-electron chi connectivity index (χ4n) is 4.66. The van der Waals surface area contributed by atoms with Crippen LogP contribution in [0.3, 0.4) is 0 Å². The molecule has 2 heterocycles. The van der Waals surface area contributed by atoms with Gasteiger partial charge in [0, 0.05) is 24.5 Å². The van der Waals surface area contributed by atoms with Gasteiger partial charge in [-0.25, -0.2) is 9.97 Å². The number of benzene rings is 2. The highest BCUT2D eigenvalue weighted by molar-refractivity contribution is 5.94. The maximum atomic E-state index is 9.51. The van der Waals surface area contributed by atoms with E-state index in [0.717, 1.165) is 65.2 Å². The van der Waals surface area contributed by atoms with E-state index in [1.807, 2.05) is 45.0 Å². The van der Waals surface area contributed by atoms with Crippen LogP contribution in [0.4, 0.5) is 11.5 Å². The molecule has 1 N–H and O–H groups in total. The molecule has 2 aromatic carbocycles. The second-order valence-electron chi connectivity index (χ2n) is 9.32. The Bertz CT molecular complexity index is 1310. The van der Waals surface area contributed by atoms with Crippen molar-refractivity contribution in [3.8, 4) is 17.9 Å². The van der Waals surface area contributed by atoms with Crippen LogP contribution in [-0.2, 0) is 0 Å². The topological polar surface area (TPSA) is 97.9 Å². The van der Waals surface area contributed by atoms with Crippen LogP contribution in [0.2, 0.25) is 0 Å². The number of rotatable bonds is 5. The van der Waals surface area contributed by atoms with Crippen molar-refractivity contribution in [3.05, 3.63) is 52.8 Å². The third kappa shape index (κ3) is 4.34. The quantitative estimate of drug-likeness (QED) is 0.549. The zero-order valence-corrected chi connectivity index (χ0v) is 20.4. The van der Waals surface area contributed by atoms with Crippen molar-refractivity contribution < 1.29 is 4.74 Å². The Morgan fingerprint density at radius 1 is 1.15 bits per heavy atom. The number of ether oxygens (including phenoxy) is 1. The first-order chi connectivity index (χ1) is 16.3. The van der Waals surface area contributed by atoms with E-state index in [1.54, 1.807) is 7.11 Å². The summed E-state index contributed by atoms with van der Waals surface area (Å²) in [5, 5.41) is 23.4. The predicted molar refractivity (Wildman–Crippen MR) is 134 cm³/mol. The van der Waals surface area contributed by atoms with Crippen molar-refractivity contribution in [1.82, 2.24) is 9.97 Å². The molecule has 0 unspecified atom stereocenters. The van der Waals surface area contributed by atoms with E-state index in [4.69, 9.17) is 9.72 Å². The Balaban J connectivity index is 1.74. The van der Waals surface area contributed by atoms with Crippen LogP contribution >= 0.6 is 0 Å². The third-order valence-corrected chi connectivity index (χ3v) is 6.90. The van der Waals surface area contributed by atoms with Gasteiger partial charge in [-0.1, -0.05) is 12.1 Å². The van der Waals surface area contributed by atoms with Crippen molar-refractivity contribution >= 4 is 22.4 Å². The second kappa shape index (κ2) is 9.19. The standard InChI is InChI=1S/C27H30N6O/c1-17-20(15-28)7-6-8-21(17)18(2)30-26-22-13-24(33-11-9-27(4,16-29)10-12-33)25(34-5)14-23(22)31-19(3)32-26/h6-8,13-14,18H,9-12H2,1-5H3,(H,30,31,32)/t18-/m1/s1.